The van der Waals surface area contributed by atoms with E-state index in [2.05, 4.69) is 5.10 Å². The fraction of sp³-hybridized carbons (Fsp3) is 0.267. The fourth-order valence-electron chi connectivity index (χ4n) is 2.66. The van der Waals surface area contributed by atoms with Crippen molar-refractivity contribution in [3.8, 4) is 0 Å². The van der Waals surface area contributed by atoms with Crippen LogP contribution in [-0.4, -0.2) is 28.1 Å². The minimum absolute atomic E-state index is 0. The van der Waals surface area contributed by atoms with E-state index in [1.165, 1.54) is 6.20 Å². The molecule has 0 saturated heterocycles. The molecule has 6 nitrogen and oxygen atoms in total. The van der Waals surface area contributed by atoms with Gasteiger partial charge < -0.3 is 10.6 Å². The number of fused-ring (bicyclic) bond motifs is 1. The summed E-state index contributed by atoms with van der Waals surface area (Å²) in [5.74, 6) is -0.943. The summed E-state index contributed by atoms with van der Waals surface area (Å²) in [6, 6.07) is 5.33. The Balaban J connectivity index is 0.00000192. The van der Waals surface area contributed by atoms with Crippen LogP contribution in [0.25, 0.3) is 0 Å². The van der Waals surface area contributed by atoms with Crippen LogP contribution >= 0.6 is 25.1 Å². The molecule has 1 aliphatic rings. The average Bonchev–Trinajstić information content (AvgIpc) is 2.92. The topological polar surface area (TPSA) is 81.2 Å². The summed E-state index contributed by atoms with van der Waals surface area (Å²) in [5.41, 5.74) is 7.34. The van der Waals surface area contributed by atoms with Crippen molar-refractivity contribution in [3.05, 3.63) is 46.2 Å². The van der Waals surface area contributed by atoms with Gasteiger partial charge in [0.15, 0.2) is 0 Å². The van der Waals surface area contributed by atoms with Crippen molar-refractivity contribution in [3.63, 3.8) is 0 Å². The molecule has 3 rings (SSSR count). The molecule has 0 aliphatic carbocycles. The SMILES string of the molecule is Cc1cc(N2C[C@H](C)n3ncc(C(N)=O)c3C2=O)ccc1Cl.S. The van der Waals surface area contributed by atoms with Crippen molar-refractivity contribution in [2.24, 2.45) is 5.73 Å². The minimum Gasteiger partial charge on any atom is -0.365 e. The van der Waals surface area contributed by atoms with Crippen LogP contribution in [0.3, 0.4) is 0 Å². The third kappa shape index (κ3) is 2.82. The Kier molecular flexibility index (Phi) is 4.72. The van der Waals surface area contributed by atoms with Gasteiger partial charge in [-0.15, -0.1) is 0 Å². The molecule has 1 atom stereocenters. The number of rotatable bonds is 2. The van der Waals surface area contributed by atoms with Crippen LogP contribution in [0.1, 0.15) is 39.4 Å². The normalized spacial score (nSPS) is 16.7. The molecule has 0 spiro atoms. The lowest BCUT2D eigenvalue weighted by Crippen LogP contribution is -2.43. The van der Waals surface area contributed by atoms with Crippen LogP contribution < -0.4 is 10.6 Å². The van der Waals surface area contributed by atoms with Gasteiger partial charge in [-0.2, -0.15) is 18.6 Å². The summed E-state index contributed by atoms with van der Waals surface area (Å²) in [7, 11) is 0. The summed E-state index contributed by atoms with van der Waals surface area (Å²) in [4.78, 5) is 25.9. The van der Waals surface area contributed by atoms with Gasteiger partial charge in [0.05, 0.1) is 17.8 Å². The van der Waals surface area contributed by atoms with Gasteiger partial charge in [0.25, 0.3) is 11.8 Å². The number of carbonyl (C=O) groups is 2. The summed E-state index contributed by atoms with van der Waals surface area (Å²) in [6.07, 6.45) is 1.35. The summed E-state index contributed by atoms with van der Waals surface area (Å²) >= 11 is 6.04. The second kappa shape index (κ2) is 6.25. The van der Waals surface area contributed by atoms with E-state index in [1.807, 2.05) is 19.9 Å². The van der Waals surface area contributed by atoms with Gasteiger partial charge in [0, 0.05) is 17.3 Å². The Morgan fingerprint density at radius 2 is 2.13 bits per heavy atom. The number of halogens is 1. The van der Waals surface area contributed by atoms with Crippen LogP contribution in [-0.2, 0) is 0 Å². The molecule has 122 valence electrons. The van der Waals surface area contributed by atoms with Gasteiger partial charge in [-0.25, -0.2) is 0 Å². The molecular formula is C15H17ClN4O2S. The molecule has 2 aromatic rings. The number of hydrogen-bond donors (Lipinski definition) is 1. The smallest absolute Gasteiger partial charge is 0.277 e. The third-order valence-corrected chi connectivity index (χ3v) is 4.25. The Bertz CT molecular complexity index is 790. The molecule has 8 heteroatoms. The van der Waals surface area contributed by atoms with Crippen molar-refractivity contribution in [1.29, 1.82) is 0 Å². The number of primary amides is 1. The Morgan fingerprint density at radius 3 is 2.74 bits per heavy atom. The van der Waals surface area contributed by atoms with Crippen molar-refractivity contribution >= 4 is 42.6 Å². The van der Waals surface area contributed by atoms with Crippen molar-refractivity contribution in [2.75, 3.05) is 11.4 Å². The van der Waals surface area contributed by atoms with Crippen LogP contribution in [0.4, 0.5) is 5.69 Å². The lowest BCUT2D eigenvalue weighted by Gasteiger charge is -2.32. The summed E-state index contributed by atoms with van der Waals surface area (Å²) in [5, 5.41) is 4.76. The minimum atomic E-state index is -0.657. The molecule has 0 fully saturated rings. The molecule has 2 heterocycles. The zero-order valence-corrected chi connectivity index (χ0v) is 14.5. The van der Waals surface area contributed by atoms with Crippen molar-refractivity contribution in [1.82, 2.24) is 9.78 Å². The van der Waals surface area contributed by atoms with E-state index < -0.39 is 5.91 Å². The number of amides is 2. The molecule has 23 heavy (non-hydrogen) atoms. The number of nitrogens with two attached hydrogens (primary N) is 1. The second-order valence-electron chi connectivity index (χ2n) is 5.41. The first-order valence-electron chi connectivity index (χ1n) is 6.85. The molecule has 0 unspecified atom stereocenters. The Morgan fingerprint density at radius 1 is 1.43 bits per heavy atom. The fourth-order valence-corrected chi connectivity index (χ4v) is 2.78. The summed E-state index contributed by atoms with van der Waals surface area (Å²) < 4.78 is 1.56. The maximum absolute atomic E-state index is 12.8. The predicted octanol–water partition coefficient (Wildman–Crippen LogP) is 2.28. The van der Waals surface area contributed by atoms with E-state index >= 15 is 0 Å². The third-order valence-electron chi connectivity index (χ3n) is 3.83. The van der Waals surface area contributed by atoms with Crippen LogP contribution in [0.5, 0.6) is 0 Å². The van der Waals surface area contributed by atoms with Crippen LogP contribution in [0.2, 0.25) is 5.02 Å². The number of nitrogens with zero attached hydrogens (tertiary/aromatic N) is 3. The number of carbonyl (C=O) groups excluding carboxylic acids is 2. The molecule has 1 aromatic carbocycles. The molecule has 2 amide bonds. The average molecular weight is 353 g/mol. The van der Waals surface area contributed by atoms with Gasteiger partial charge >= 0.3 is 0 Å². The number of aromatic nitrogens is 2. The molecule has 1 aromatic heterocycles. The molecule has 0 saturated carbocycles. The van der Waals surface area contributed by atoms with E-state index in [4.69, 9.17) is 17.3 Å². The van der Waals surface area contributed by atoms with Crippen molar-refractivity contribution < 1.29 is 9.59 Å². The second-order valence-corrected chi connectivity index (χ2v) is 5.82. The maximum Gasteiger partial charge on any atom is 0.277 e. The zero-order chi connectivity index (χ0) is 16.0. The van der Waals surface area contributed by atoms with E-state index in [0.29, 0.717) is 11.6 Å². The molecular weight excluding hydrogens is 336 g/mol. The summed E-state index contributed by atoms with van der Waals surface area (Å²) in [6.45, 7) is 4.28. The number of benzene rings is 1. The van der Waals surface area contributed by atoms with Gasteiger partial charge in [0.1, 0.15) is 5.69 Å². The monoisotopic (exact) mass is 352 g/mol. The molecule has 0 bridgehead atoms. The van der Waals surface area contributed by atoms with Crippen molar-refractivity contribution in [2.45, 2.75) is 19.9 Å². The Hall–Kier alpha value is -1.99. The number of hydrogen-bond acceptors (Lipinski definition) is 3. The van der Waals surface area contributed by atoms with Gasteiger partial charge in [-0.1, -0.05) is 11.6 Å². The van der Waals surface area contributed by atoms with E-state index in [0.717, 1.165) is 11.3 Å². The largest absolute Gasteiger partial charge is 0.365 e. The first-order chi connectivity index (χ1) is 10.4. The number of aryl methyl sites for hydroxylation is 1. The quantitative estimate of drug-likeness (QED) is 0.900. The van der Waals surface area contributed by atoms with Crippen LogP contribution in [0, 0.1) is 6.92 Å². The highest BCUT2D eigenvalue weighted by atomic mass is 35.5. The van der Waals surface area contributed by atoms with E-state index in [9.17, 15) is 9.59 Å². The van der Waals surface area contributed by atoms with Gasteiger partial charge in [-0.3, -0.25) is 14.3 Å². The first kappa shape index (κ1) is 17.4. The molecule has 0 radical (unpaired) electrons. The highest BCUT2D eigenvalue weighted by molar-refractivity contribution is 7.59. The lowest BCUT2D eigenvalue weighted by molar-refractivity contribution is 0.0934. The Labute approximate surface area is 145 Å². The predicted molar refractivity (Wildman–Crippen MR) is 93.7 cm³/mol. The van der Waals surface area contributed by atoms with Crippen LogP contribution in [0.15, 0.2) is 24.4 Å². The molecule has 1 aliphatic heterocycles. The van der Waals surface area contributed by atoms with Gasteiger partial charge in [-0.05, 0) is 37.6 Å². The number of anilines is 1. The standard InChI is InChI=1S/C15H15ClN4O2.H2S/c1-8-5-10(3-4-12(8)16)19-7-9(2)20-13(15(19)22)11(6-18-20)14(17)21;/h3-6,9H,7H2,1-2H3,(H2,17,21);1H2/t9-;/m0./s1. The highest BCUT2D eigenvalue weighted by Crippen LogP contribution is 2.29. The van der Waals surface area contributed by atoms with E-state index in [-0.39, 0.29) is 36.7 Å². The first-order valence-corrected chi connectivity index (χ1v) is 7.23. The molecule has 2 N–H and O–H groups in total. The van der Waals surface area contributed by atoms with E-state index in [1.54, 1.807) is 21.7 Å². The lowest BCUT2D eigenvalue weighted by atomic mass is 10.1. The van der Waals surface area contributed by atoms with Gasteiger partial charge in [0.2, 0.25) is 0 Å². The highest BCUT2D eigenvalue weighted by Gasteiger charge is 2.34. The zero-order valence-electron chi connectivity index (χ0n) is 12.7. The maximum atomic E-state index is 12.8.